The largest absolute Gasteiger partial charge is 0.273 e. The molecule has 0 saturated heterocycles. The number of amides is 1. The highest BCUT2D eigenvalue weighted by molar-refractivity contribution is 9.10. The van der Waals surface area contributed by atoms with Gasteiger partial charge in [-0.05, 0) is 30.2 Å². The normalized spacial score (nSPS) is 11.2. The Hall–Kier alpha value is -1.94. The Morgan fingerprint density at radius 2 is 1.75 bits per heavy atom. The third-order valence-corrected chi connectivity index (χ3v) is 3.35. The smallest absolute Gasteiger partial charge is 0.244 e. The van der Waals surface area contributed by atoms with E-state index in [0.29, 0.717) is 6.42 Å². The molecular weight excluding hydrogens is 316 g/mol. The summed E-state index contributed by atoms with van der Waals surface area (Å²) in [7, 11) is 0. The predicted molar refractivity (Wildman–Crippen MR) is 84.6 cm³/mol. The zero-order chi connectivity index (χ0) is 14.4. The Kier molecular flexibility index (Phi) is 5.07. The highest BCUT2D eigenvalue weighted by Crippen LogP contribution is 2.10. The van der Waals surface area contributed by atoms with Crippen molar-refractivity contribution >= 4 is 27.5 Å². The van der Waals surface area contributed by atoms with Crippen molar-refractivity contribution in [3.05, 3.63) is 70.2 Å². The minimum Gasteiger partial charge on any atom is -0.273 e. The van der Waals surface area contributed by atoms with Crippen molar-refractivity contribution < 1.29 is 4.79 Å². The fraction of sp³-hybridized carbons (Fsp3) is 0.125. The van der Waals surface area contributed by atoms with Gasteiger partial charge in [0, 0.05) is 4.47 Å². The van der Waals surface area contributed by atoms with Crippen LogP contribution in [0.1, 0.15) is 18.1 Å². The van der Waals surface area contributed by atoms with E-state index in [4.69, 9.17) is 0 Å². The molecule has 2 rings (SSSR count). The molecule has 0 aliphatic carbocycles. The van der Waals surface area contributed by atoms with E-state index in [0.717, 1.165) is 21.3 Å². The minimum atomic E-state index is -0.123. The van der Waals surface area contributed by atoms with Gasteiger partial charge in [-0.25, -0.2) is 5.43 Å². The predicted octanol–water partition coefficient (Wildman–Crippen LogP) is 3.53. The van der Waals surface area contributed by atoms with Crippen molar-refractivity contribution in [3.8, 4) is 0 Å². The number of carbonyl (C=O) groups is 1. The number of rotatable bonds is 4. The number of hydrogen-bond acceptors (Lipinski definition) is 2. The fourth-order valence-corrected chi connectivity index (χ4v) is 1.98. The molecule has 0 radical (unpaired) electrons. The van der Waals surface area contributed by atoms with Crippen LogP contribution in [0.25, 0.3) is 0 Å². The summed E-state index contributed by atoms with van der Waals surface area (Å²) in [6.45, 7) is 1.87. The van der Waals surface area contributed by atoms with Crippen LogP contribution < -0.4 is 5.43 Å². The minimum absolute atomic E-state index is 0.123. The van der Waals surface area contributed by atoms with E-state index in [1.807, 2.05) is 61.5 Å². The van der Waals surface area contributed by atoms with E-state index < -0.39 is 0 Å². The second-order valence-corrected chi connectivity index (χ2v) is 5.32. The number of hydrogen-bond donors (Lipinski definition) is 1. The maximum Gasteiger partial charge on any atom is 0.244 e. The average Bonchev–Trinajstić information content (AvgIpc) is 2.48. The van der Waals surface area contributed by atoms with Gasteiger partial charge in [0.05, 0.1) is 12.1 Å². The molecule has 3 nitrogen and oxygen atoms in total. The van der Waals surface area contributed by atoms with Crippen LogP contribution in [0.2, 0.25) is 0 Å². The van der Waals surface area contributed by atoms with Crippen LogP contribution in [0.3, 0.4) is 0 Å². The number of halogens is 1. The molecule has 0 saturated carbocycles. The molecule has 0 heterocycles. The highest BCUT2D eigenvalue weighted by atomic mass is 79.9. The first-order valence-corrected chi connectivity index (χ1v) is 7.07. The van der Waals surface area contributed by atoms with Gasteiger partial charge in [-0.2, -0.15) is 5.10 Å². The summed E-state index contributed by atoms with van der Waals surface area (Å²) >= 11 is 3.36. The zero-order valence-electron chi connectivity index (χ0n) is 11.1. The molecule has 0 atom stereocenters. The highest BCUT2D eigenvalue weighted by Gasteiger charge is 2.03. The Balaban J connectivity index is 1.93. The lowest BCUT2D eigenvalue weighted by atomic mass is 10.1. The van der Waals surface area contributed by atoms with Crippen LogP contribution in [0.4, 0.5) is 0 Å². The lowest BCUT2D eigenvalue weighted by Gasteiger charge is -2.03. The van der Waals surface area contributed by atoms with Gasteiger partial charge in [-0.3, -0.25) is 4.79 Å². The molecule has 2 aromatic carbocycles. The molecule has 1 amide bonds. The molecule has 0 aliphatic rings. The van der Waals surface area contributed by atoms with Crippen LogP contribution in [0.15, 0.2) is 64.2 Å². The van der Waals surface area contributed by atoms with E-state index >= 15 is 0 Å². The average molecular weight is 331 g/mol. The summed E-state index contributed by atoms with van der Waals surface area (Å²) in [4.78, 5) is 11.8. The topological polar surface area (TPSA) is 41.5 Å². The monoisotopic (exact) mass is 330 g/mol. The van der Waals surface area contributed by atoms with Crippen molar-refractivity contribution in [2.75, 3.05) is 0 Å². The molecule has 1 N–H and O–H groups in total. The van der Waals surface area contributed by atoms with Gasteiger partial charge < -0.3 is 0 Å². The van der Waals surface area contributed by atoms with Crippen LogP contribution >= 0.6 is 15.9 Å². The van der Waals surface area contributed by atoms with Crippen LogP contribution in [-0.2, 0) is 11.2 Å². The molecule has 102 valence electrons. The Bertz CT molecular complexity index is 606. The summed E-state index contributed by atoms with van der Waals surface area (Å²) < 4.78 is 1.000. The third-order valence-electron chi connectivity index (χ3n) is 2.82. The van der Waals surface area contributed by atoms with Crippen LogP contribution in [0.5, 0.6) is 0 Å². The summed E-state index contributed by atoms with van der Waals surface area (Å²) in [5.41, 5.74) is 5.32. The quantitative estimate of drug-likeness (QED) is 0.676. The first kappa shape index (κ1) is 14.5. The second-order valence-electron chi connectivity index (χ2n) is 4.40. The summed E-state index contributed by atoms with van der Waals surface area (Å²) in [5.74, 6) is -0.123. The molecule has 0 unspecified atom stereocenters. The lowest BCUT2D eigenvalue weighted by Crippen LogP contribution is -2.21. The fourth-order valence-electron chi connectivity index (χ4n) is 1.72. The first-order valence-electron chi connectivity index (χ1n) is 6.28. The van der Waals surface area contributed by atoms with Gasteiger partial charge in [0.25, 0.3) is 0 Å². The number of carbonyl (C=O) groups excluding carboxylic acids is 1. The van der Waals surface area contributed by atoms with Crippen molar-refractivity contribution in [1.29, 1.82) is 0 Å². The number of hydrazone groups is 1. The maximum absolute atomic E-state index is 11.8. The lowest BCUT2D eigenvalue weighted by molar-refractivity contribution is -0.120. The standard InChI is InChI=1S/C16H15BrN2O/c1-12(14-5-3-2-4-6-14)18-19-16(20)11-13-7-9-15(17)10-8-13/h2-10H,11H2,1H3,(H,19,20)/b18-12+. The van der Waals surface area contributed by atoms with E-state index in [1.165, 1.54) is 0 Å². The van der Waals surface area contributed by atoms with Crippen molar-refractivity contribution in [2.45, 2.75) is 13.3 Å². The van der Waals surface area contributed by atoms with Gasteiger partial charge in [-0.1, -0.05) is 58.4 Å². The van der Waals surface area contributed by atoms with Crippen molar-refractivity contribution in [3.63, 3.8) is 0 Å². The Morgan fingerprint density at radius 3 is 2.40 bits per heavy atom. The van der Waals surface area contributed by atoms with Crippen LogP contribution in [0, 0.1) is 0 Å². The van der Waals surface area contributed by atoms with Gasteiger partial charge in [0.15, 0.2) is 0 Å². The van der Waals surface area contributed by atoms with Crippen molar-refractivity contribution in [1.82, 2.24) is 5.43 Å². The van der Waals surface area contributed by atoms with Gasteiger partial charge in [0.1, 0.15) is 0 Å². The summed E-state index contributed by atoms with van der Waals surface area (Å²) in [5, 5.41) is 4.12. The third kappa shape index (κ3) is 4.31. The zero-order valence-corrected chi connectivity index (χ0v) is 12.7. The number of benzene rings is 2. The molecule has 4 heteroatoms. The van der Waals surface area contributed by atoms with E-state index in [-0.39, 0.29) is 5.91 Å². The first-order chi connectivity index (χ1) is 9.65. The molecule has 0 spiro atoms. The molecule has 0 aromatic heterocycles. The second kappa shape index (κ2) is 7.01. The molecule has 0 bridgehead atoms. The molecule has 20 heavy (non-hydrogen) atoms. The SMILES string of the molecule is C/C(=N\NC(=O)Cc1ccc(Br)cc1)c1ccccc1. The molecule has 2 aromatic rings. The van der Waals surface area contributed by atoms with Crippen molar-refractivity contribution in [2.24, 2.45) is 5.10 Å². The Morgan fingerprint density at radius 1 is 1.10 bits per heavy atom. The maximum atomic E-state index is 11.8. The molecular formula is C16H15BrN2O. The van der Waals surface area contributed by atoms with E-state index in [1.54, 1.807) is 0 Å². The number of nitrogens with one attached hydrogen (secondary N) is 1. The number of nitrogens with zero attached hydrogens (tertiary/aromatic N) is 1. The van der Waals surface area contributed by atoms with Gasteiger partial charge in [-0.15, -0.1) is 0 Å². The van der Waals surface area contributed by atoms with Gasteiger partial charge >= 0.3 is 0 Å². The van der Waals surface area contributed by atoms with Gasteiger partial charge in [0.2, 0.25) is 5.91 Å². The van der Waals surface area contributed by atoms with Crippen LogP contribution in [-0.4, -0.2) is 11.6 Å². The summed E-state index contributed by atoms with van der Waals surface area (Å²) in [6, 6.07) is 17.4. The molecule has 0 fully saturated rings. The molecule has 0 aliphatic heterocycles. The Labute approximate surface area is 126 Å². The van der Waals surface area contributed by atoms with E-state index in [2.05, 4.69) is 26.5 Å². The summed E-state index contributed by atoms with van der Waals surface area (Å²) in [6.07, 6.45) is 0.318. The van der Waals surface area contributed by atoms with E-state index in [9.17, 15) is 4.79 Å².